The van der Waals surface area contributed by atoms with Gasteiger partial charge in [0.2, 0.25) is 5.91 Å². The summed E-state index contributed by atoms with van der Waals surface area (Å²) in [5.41, 5.74) is 2.63. The number of nitrogens with zero attached hydrogens (tertiary/aromatic N) is 1. The molecule has 1 fully saturated rings. The summed E-state index contributed by atoms with van der Waals surface area (Å²) in [4.78, 5) is 38.6. The summed E-state index contributed by atoms with van der Waals surface area (Å²) in [6, 6.07) is 14.3. The highest BCUT2D eigenvalue weighted by atomic mass is 16.5. The Labute approximate surface area is 164 Å². The van der Waals surface area contributed by atoms with E-state index in [4.69, 9.17) is 4.74 Å². The zero-order chi connectivity index (χ0) is 20.1. The van der Waals surface area contributed by atoms with Gasteiger partial charge in [-0.15, -0.1) is 0 Å². The highest BCUT2D eigenvalue weighted by molar-refractivity contribution is 6.04. The van der Waals surface area contributed by atoms with Crippen LogP contribution in [0.2, 0.25) is 0 Å². The number of hydrogen-bond acceptors (Lipinski definition) is 4. The van der Waals surface area contributed by atoms with E-state index in [0.29, 0.717) is 24.3 Å². The second kappa shape index (κ2) is 8.69. The molecule has 1 heterocycles. The lowest BCUT2D eigenvalue weighted by atomic mass is 10.1. The summed E-state index contributed by atoms with van der Waals surface area (Å²) in [7, 11) is 0. The van der Waals surface area contributed by atoms with Gasteiger partial charge in [-0.3, -0.25) is 9.59 Å². The van der Waals surface area contributed by atoms with E-state index in [1.54, 1.807) is 29.2 Å². The molecule has 0 spiro atoms. The molecular weight excluding hydrogens is 356 g/mol. The molecule has 6 nitrogen and oxygen atoms in total. The second-order valence-electron chi connectivity index (χ2n) is 6.75. The van der Waals surface area contributed by atoms with Crippen molar-refractivity contribution in [1.82, 2.24) is 0 Å². The van der Waals surface area contributed by atoms with Gasteiger partial charge in [-0.1, -0.05) is 31.2 Å². The smallest absolute Gasteiger partial charge is 0.341 e. The minimum absolute atomic E-state index is 0.0124. The molecule has 1 aliphatic rings. The summed E-state index contributed by atoms with van der Waals surface area (Å²) in [6.07, 6.45) is 1.18. The molecule has 0 radical (unpaired) electrons. The number of carbonyl (C=O) groups is 3. The van der Waals surface area contributed by atoms with Crippen LogP contribution in [0.15, 0.2) is 48.5 Å². The van der Waals surface area contributed by atoms with Gasteiger partial charge in [-0.2, -0.15) is 0 Å². The Bertz CT molecular complexity index is 876. The van der Waals surface area contributed by atoms with Gasteiger partial charge in [0.05, 0.1) is 11.3 Å². The van der Waals surface area contributed by atoms with Crippen LogP contribution in [0.3, 0.4) is 0 Å². The standard InChI is InChI=1S/C22H24N2O4/c1-3-16-10-12-17(13-11-16)23-21(26)15(2)28-22(27)18-7-4-5-8-19(18)24-14-6-9-20(24)25/h4-5,7-8,10-13,15H,3,6,9,14H2,1-2H3,(H,23,26)/t15-/m1/s1. The van der Waals surface area contributed by atoms with E-state index in [1.165, 1.54) is 12.5 Å². The Balaban J connectivity index is 1.67. The molecule has 0 bridgehead atoms. The Morgan fingerprint density at radius 1 is 1.14 bits per heavy atom. The molecule has 2 aromatic carbocycles. The quantitative estimate of drug-likeness (QED) is 0.778. The highest BCUT2D eigenvalue weighted by Crippen LogP contribution is 2.26. The predicted molar refractivity (Wildman–Crippen MR) is 107 cm³/mol. The number of nitrogens with one attached hydrogen (secondary N) is 1. The van der Waals surface area contributed by atoms with Crippen LogP contribution in [0.1, 0.15) is 42.6 Å². The average molecular weight is 380 g/mol. The van der Waals surface area contributed by atoms with Crippen molar-refractivity contribution in [2.75, 3.05) is 16.8 Å². The predicted octanol–water partition coefficient (Wildman–Crippen LogP) is 3.56. The molecule has 1 atom stereocenters. The summed E-state index contributed by atoms with van der Waals surface area (Å²) in [6.45, 7) is 4.16. The van der Waals surface area contributed by atoms with Crippen molar-refractivity contribution in [2.45, 2.75) is 39.2 Å². The number of esters is 1. The summed E-state index contributed by atoms with van der Waals surface area (Å²) in [5.74, 6) is -1.05. The Hall–Kier alpha value is -3.15. The maximum Gasteiger partial charge on any atom is 0.341 e. The number of ether oxygens (including phenoxy) is 1. The van der Waals surface area contributed by atoms with Gasteiger partial charge in [-0.05, 0) is 49.6 Å². The van der Waals surface area contributed by atoms with Gasteiger partial charge in [-0.25, -0.2) is 4.79 Å². The zero-order valence-corrected chi connectivity index (χ0v) is 16.1. The van der Waals surface area contributed by atoms with Crippen molar-refractivity contribution in [2.24, 2.45) is 0 Å². The summed E-state index contributed by atoms with van der Waals surface area (Å²) >= 11 is 0. The number of rotatable bonds is 6. The molecule has 3 rings (SSSR count). The molecule has 1 aliphatic heterocycles. The van der Waals surface area contributed by atoms with Gasteiger partial charge in [0, 0.05) is 18.7 Å². The maximum absolute atomic E-state index is 12.6. The van der Waals surface area contributed by atoms with E-state index in [1.807, 2.05) is 24.3 Å². The van der Waals surface area contributed by atoms with Crippen LogP contribution in [0.25, 0.3) is 0 Å². The number of para-hydroxylation sites is 1. The number of benzene rings is 2. The maximum atomic E-state index is 12.6. The third-order valence-electron chi connectivity index (χ3n) is 4.77. The minimum Gasteiger partial charge on any atom is -0.449 e. The van der Waals surface area contributed by atoms with Crippen LogP contribution in [0.4, 0.5) is 11.4 Å². The zero-order valence-electron chi connectivity index (χ0n) is 16.1. The lowest BCUT2D eigenvalue weighted by Crippen LogP contribution is -2.31. The van der Waals surface area contributed by atoms with E-state index < -0.39 is 18.0 Å². The molecule has 1 saturated heterocycles. The van der Waals surface area contributed by atoms with Crippen LogP contribution in [-0.4, -0.2) is 30.4 Å². The molecule has 1 N–H and O–H groups in total. The molecule has 0 unspecified atom stereocenters. The lowest BCUT2D eigenvalue weighted by Gasteiger charge is -2.20. The van der Waals surface area contributed by atoms with Crippen LogP contribution in [0, 0.1) is 0 Å². The van der Waals surface area contributed by atoms with Crippen molar-refractivity contribution in [3.8, 4) is 0 Å². The SMILES string of the molecule is CCc1ccc(NC(=O)[C@@H](C)OC(=O)c2ccccc2N2CCCC2=O)cc1. The number of aryl methyl sites for hydroxylation is 1. The van der Waals surface area contributed by atoms with Gasteiger partial charge in [0.15, 0.2) is 6.10 Å². The van der Waals surface area contributed by atoms with Crippen molar-refractivity contribution in [3.05, 3.63) is 59.7 Å². The highest BCUT2D eigenvalue weighted by Gasteiger charge is 2.27. The number of anilines is 2. The number of carbonyl (C=O) groups excluding carboxylic acids is 3. The van der Waals surface area contributed by atoms with Gasteiger partial charge in [0.25, 0.3) is 5.91 Å². The molecule has 0 aliphatic carbocycles. The monoisotopic (exact) mass is 380 g/mol. The molecule has 0 aromatic heterocycles. The lowest BCUT2D eigenvalue weighted by molar-refractivity contribution is -0.123. The molecule has 2 aromatic rings. The molecule has 146 valence electrons. The largest absolute Gasteiger partial charge is 0.449 e. The fourth-order valence-electron chi connectivity index (χ4n) is 3.13. The molecule has 2 amide bonds. The van der Waals surface area contributed by atoms with Crippen molar-refractivity contribution >= 4 is 29.2 Å². The van der Waals surface area contributed by atoms with Gasteiger partial charge < -0.3 is 15.0 Å². The Morgan fingerprint density at radius 3 is 2.50 bits per heavy atom. The topological polar surface area (TPSA) is 75.7 Å². The average Bonchev–Trinajstić information content (AvgIpc) is 3.14. The van der Waals surface area contributed by atoms with E-state index in [0.717, 1.165) is 12.8 Å². The van der Waals surface area contributed by atoms with Crippen molar-refractivity contribution < 1.29 is 19.1 Å². The van der Waals surface area contributed by atoms with E-state index in [9.17, 15) is 14.4 Å². The molecule has 0 saturated carbocycles. The Kier molecular flexibility index (Phi) is 6.09. The first-order valence-electron chi connectivity index (χ1n) is 9.49. The van der Waals surface area contributed by atoms with Gasteiger partial charge >= 0.3 is 5.97 Å². The molecular formula is C22H24N2O4. The Morgan fingerprint density at radius 2 is 1.86 bits per heavy atom. The number of hydrogen-bond donors (Lipinski definition) is 1. The normalized spacial score (nSPS) is 14.6. The summed E-state index contributed by atoms with van der Waals surface area (Å²) < 4.78 is 5.36. The van der Waals surface area contributed by atoms with Crippen molar-refractivity contribution in [3.63, 3.8) is 0 Å². The first-order valence-corrected chi connectivity index (χ1v) is 9.49. The number of amides is 2. The van der Waals surface area contributed by atoms with Crippen molar-refractivity contribution in [1.29, 1.82) is 0 Å². The summed E-state index contributed by atoms with van der Waals surface area (Å²) in [5, 5.41) is 2.75. The fourth-order valence-corrected chi connectivity index (χ4v) is 3.13. The third-order valence-corrected chi connectivity index (χ3v) is 4.77. The third kappa shape index (κ3) is 4.39. The van der Waals surface area contributed by atoms with Crippen LogP contribution >= 0.6 is 0 Å². The van der Waals surface area contributed by atoms with E-state index in [2.05, 4.69) is 12.2 Å². The first kappa shape index (κ1) is 19.6. The van der Waals surface area contributed by atoms with Crippen LogP contribution in [0.5, 0.6) is 0 Å². The minimum atomic E-state index is -0.972. The first-order chi connectivity index (χ1) is 13.5. The van der Waals surface area contributed by atoms with E-state index in [-0.39, 0.29) is 11.5 Å². The van der Waals surface area contributed by atoms with Crippen LogP contribution < -0.4 is 10.2 Å². The second-order valence-corrected chi connectivity index (χ2v) is 6.75. The van der Waals surface area contributed by atoms with E-state index >= 15 is 0 Å². The fraction of sp³-hybridized carbons (Fsp3) is 0.318. The van der Waals surface area contributed by atoms with Gasteiger partial charge in [0.1, 0.15) is 0 Å². The molecule has 28 heavy (non-hydrogen) atoms. The van der Waals surface area contributed by atoms with Crippen LogP contribution in [-0.2, 0) is 20.7 Å². The molecule has 6 heteroatoms.